The average Bonchev–Trinajstić information content (AvgIpc) is 2.52. The molecular formula is C17H24ClNO2. The molecule has 21 heavy (non-hydrogen) atoms. The van der Waals surface area contributed by atoms with Gasteiger partial charge in [0, 0.05) is 18.1 Å². The van der Waals surface area contributed by atoms with Crippen LogP contribution in [0.3, 0.4) is 0 Å². The monoisotopic (exact) mass is 309 g/mol. The summed E-state index contributed by atoms with van der Waals surface area (Å²) in [4.78, 5) is 14.5. The molecule has 1 aromatic carbocycles. The van der Waals surface area contributed by atoms with Crippen LogP contribution in [0.25, 0.3) is 0 Å². The Kier molecular flexibility index (Phi) is 5.92. The molecule has 116 valence electrons. The minimum atomic E-state index is -0.435. The highest BCUT2D eigenvalue weighted by Gasteiger charge is 2.28. The molecule has 1 saturated carbocycles. The van der Waals surface area contributed by atoms with Gasteiger partial charge in [-0.15, -0.1) is 0 Å². The van der Waals surface area contributed by atoms with Crippen LogP contribution < -0.4 is 4.74 Å². The molecule has 0 unspecified atom stereocenters. The van der Waals surface area contributed by atoms with Crippen LogP contribution in [0.1, 0.15) is 45.4 Å². The van der Waals surface area contributed by atoms with E-state index in [1.54, 1.807) is 12.1 Å². The first-order valence-corrected chi connectivity index (χ1v) is 8.18. The van der Waals surface area contributed by atoms with E-state index in [9.17, 15) is 4.79 Å². The molecule has 0 N–H and O–H groups in total. The van der Waals surface area contributed by atoms with E-state index in [1.807, 2.05) is 31.0 Å². The highest BCUT2D eigenvalue weighted by atomic mass is 35.5. The quantitative estimate of drug-likeness (QED) is 0.812. The third kappa shape index (κ3) is 4.37. The molecule has 0 radical (unpaired) electrons. The van der Waals surface area contributed by atoms with Crippen molar-refractivity contribution in [3.63, 3.8) is 0 Å². The van der Waals surface area contributed by atoms with Crippen LogP contribution >= 0.6 is 11.6 Å². The van der Waals surface area contributed by atoms with Crippen molar-refractivity contribution in [2.24, 2.45) is 0 Å². The van der Waals surface area contributed by atoms with Gasteiger partial charge in [0.15, 0.2) is 6.10 Å². The van der Waals surface area contributed by atoms with Crippen molar-refractivity contribution in [1.29, 1.82) is 0 Å². The summed E-state index contributed by atoms with van der Waals surface area (Å²) in [6.07, 6.45) is 6.15. The summed E-state index contributed by atoms with van der Waals surface area (Å²) in [5, 5.41) is 0.621. The summed E-state index contributed by atoms with van der Waals surface area (Å²) < 4.78 is 5.84. The maximum Gasteiger partial charge on any atom is 0.263 e. The Hall–Kier alpha value is -1.22. The lowest BCUT2D eigenvalue weighted by Crippen LogP contribution is -2.45. The van der Waals surface area contributed by atoms with Gasteiger partial charge in [-0.1, -0.05) is 43.9 Å². The van der Waals surface area contributed by atoms with Gasteiger partial charge in [0.25, 0.3) is 5.91 Å². The van der Waals surface area contributed by atoms with E-state index in [2.05, 4.69) is 0 Å². The number of rotatable bonds is 5. The lowest BCUT2D eigenvalue weighted by atomic mass is 9.94. The van der Waals surface area contributed by atoms with Gasteiger partial charge in [0.05, 0.1) is 0 Å². The fourth-order valence-corrected chi connectivity index (χ4v) is 3.07. The molecule has 1 aliphatic carbocycles. The fraction of sp³-hybridized carbons (Fsp3) is 0.588. The average molecular weight is 310 g/mol. The van der Waals surface area contributed by atoms with E-state index in [0.717, 1.165) is 12.8 Å². The predicted molar refractivity (Wildman–Crippen MR) is 85.8 cm³/mol. The maximum absolute atomic E-state index is 12.6. The number of nitrogens with zero attached hydrogens (tertiary/aromatic N) is 1. The van der Waals surface area contributed by atoms with Gasteiger partial charge in [0.1, 0.15) is 5.75 Å². The lowest BCUT2D eigenvalue weighted by Gasteiger charge is -2.33. The van der Waals surface area contributed by atoms with Crippen LogP contribution in [-0.2, 0) is 4.79 Å². The number of amides is 1. The number of ether oxygens (including phenoxy) is 1. The Balaban J connectivity index is 2.00. The minimum Gasteiger partial charge on any atom is -0.481 e. The zero-order chi connectivity index (χ0) is 15.2. The molecule has 0 saturated heterocycles. The summed E-state index contributed by atoms with van der Waals surface area (Å²) in [5.74, 6) is 0.726. The summed E-state index contributed by atoms with van der Waals surface area (Å²) in [6.45, 7) is 1.97. The first-order valence-electron chi connectivity index (χ1n) is 7.80. The van der Waals surface area contributed by atoms with E-state index in [0.29, 0.717) is 23.2 Å². The predicted octanol–water partition coefficient (Wildman–Crippen LogP) is 4.29. The van der Waals surface area contributed by atoms with Gasteiger partial charge in [0.2, 0.25) is 0 Å². The number of carbonyl (C=O) groups excluding carboxylic acids is 1. The molecule has 1 atom stereocenters. The second-order valence-electron chi connectivity index (χ2n) is 5.71. The van der Waals surface area contributed by atoms with Crippen LogP contribution in [-0.4, -0.2) is 30.0 Å². The zero-order valence-corrected chi connectivity index (χ0v) is 13.6. The second kappa shape index (κ2) is 7.69. The summed E-state index contributed by atoms with van der Waals surface area (Å²) in [5.41, 5.74) is 0. The van der Waals surface area contributed by atoms with E-state index in [-0.39, 0.29) is 5.91 Å². The molecule has 2 rings (SSSR count). The molecular weight excluding hydrogens is 286 g/mol. The van der Waals surface area contributed by atoms with Gasteiger partial charge in [-0.05, 0) is 37.5 Å². The molecule has 1 fully saturated rings. The topological polar surface area (TPSA) is 29.5 Å². The minimum absolute atomic E-state index is 0.0735. The second-order valence-corrected chi connectivity index (χ2v) is 6.15. The van der Waals surface area contributed by atoms with Gasteiger partial charge in [-0.2, -0.15) is 0 Å². The standard InChI is InChI=1S/C17H24ClNO2/c1-3-16(21-15-11-7-8-13(18)12-15)17(20)19(2)14-9-5-4-6-10-14/h7-8,11-12,14,16H,3-6,9-10H2,1-2H3/t16-/m1/s1. The molecule has 4 heteroatoms. The van der Waals surface area contributed by atoms with Crippen molar-refractivity contribution < 1.29 is 9.53 Å². The lowest BCUT2D eigenvalue weighted by molar-refractivity contribution is -0.140. The van der Waals surface area contributed by atoms with Crippen LogP contribution in [0.2, 0.25) is 5.02 Å². The molecule has 3 nitrogen and oxygen atoms in total. The third-order valence-corrected chi connectivity index (χ3v) is 4.43. The maximum atomic E-state index is 12.6. The number of halogens is 1. The van der Waals surface area contributed by atoms with Crippen LogP contribution in [0.15, 0.2) is 24.3 Å². The van der Waals surface area contributed by atoms with E-state index in [1.165, 1.54) is 19.3 Å². The fourth-order valence-electron chi connectivity index (χ4n) is 2.89. The van der Waals surface area contributed by atoms with E-state index in [4.69, 9.17) is 16.3 Å². The van der Waals surface area contributed by atoms with Crippen LogP contribution in [0, 0.1) is 0 Å². The summed E-state index contributed by atoms with van der Waals surface area (Å²) in [7, 11) is 1.91. The number of carbonyl (C=O) groups is 1. The van der Waals surface area contributed by atoms with Gasteiger partial charge < -0.3 is 9.64 Å². The first kappa shape index (κ1) is 16.2. The van der Waals surface area contributed by atoms with E-state index < -0.39 is 6.10 Å². The Morgan fingerprint density at radius 3 is 2.71 bits per heavy atom. The molecule has 0 spiro atoms. The van der Waals surface area contributed by atoms with E-state index >= 15 is 0 Å². The smallest absolute Gasteiger partial charge is 0.263 e. The zero-order valence-electron chi connectivity index (χ0n) is 12.8. The number of likely N-dealkylation sites (N-methyl/N-ethyl adjacent to an activating group) is 1. The van der Waals surface area contributed by atoms with Crippen molar-refractivity contribution >= 4 is 17.5 Å². The summed E-state index contributed by atoms with van der Waals surface area (Å²) in [6, 6.07) is 7.58. The normalized spacial score (nSPS) is 17.3. The SMILES string of the molecule is CC[C@@H](Oc1cccc(Cl)c1)C(=O)N(C)C1CCCCC1. The molecule has 0 aromatic heterocycles. The highest BCUT2D eigenvalue weighted by Crippen LogP contribution is 2.24. The Morgan fingerprint density at radius 1 is 1.38 bits per heavy atom. The third-order valence-electron chi connectivity index (χ3n) is 4.19. The van der Waals surface area contributed by atoms with Crippen LogP contribution in [0.5, 0.6) is 5.75 Å². The van der Waals surface area contributed by atoms with Gasteiger partial charge in [-0.3, -0.25) is 4.79 Å². The van der Waals surface area contributed by atoms with Crippen molar-refractivity contribution in [1.82, 2.24) is 4.90 Å². The van der Waals surface area contributed by atoms with Crippen molar-refractivity contribution in [2.75, 3.05) is 7.05 Å². The van der Waals surface area contributed by atoms with Gasteiger partial charge in [-0.25, -0.2) is 0 Å². The molecule has 0 bridgehead atoms. The number of hydrogen-bond acceptors (Lipinski definition) is 2. The highest BCUT2D eigenvalue weighted by molar-refractivity contribution is 6.30. The van der Waals surface area contributed by atoms with Crippen molar-refractivity contribution in [3.8, 4) is 5.75 Å². The first-order chi connectivity index (χ1) is 10.1. The Labute approximate surface area is 132 Å². The van der Waals surface area contributed by atoms with Crippen molar-refractivity contribution in [2.45, 2.75) is 57.6 Å². The van der Waals surface area contributed by atoms with Gasteiger partial charge >= 0.3 is 0 Å². The summed E-state index contributed by atoms with van der Waals surface area (Å²) >= 11 is 5.96. The Bertz CT molecular complexity index is 472. The molecule has 0 heterocycles. The Morgan fingerprint density at radius 2 is 2.10 bits per heavy atom. The van der Waals surface area contributed by atoms with Crippen LogP contribution in [0.4, 0.5) is 0 Å². The number of hydrogen-bond donors (Lipinski definition) is 0. The largest absolute Gasteiger partial charge is 0.481 e. The number of benzene rings is 1. The van der Waals surface area contributed by atoms with Crippen molar-refractivity contribution in [3.05, 3.63) is 29.3 Å². The molecule has 1 aliphatic rings. The molecule has 1 aromatic rings. The molecule has 1 amide bonds. The molecule has 0 aliphatic heterocycles.